The molecule has 1 heterocycles. The normalized spacial score (nSPS) is 14.0. The van der Waals surface area contributed by atoms with Crippen LogP contribution in [0.25, 0.3) is 0 Å². The Labute approximate surface area is 270 Å². The Hall–Kier alpha value is -5.67. The largest absolute Gasteiger partial charge is 0.484 e. The molecule has 0 aromatic heterocycles. The van der Waals surface area contributed by atoms with Crippen molar-refractivity contribution in [3.63, 3.8) is 0 Å². The van der Waals surface area contributed by atoms with Crippen molar-refractivity contribution < 1.29 is 19.2 Å². The van der Waals surface area contributed by atoms with Crippen molar-refractivity contribution in [2.75, 3.05) is 16.8 Å². The summed E-state index contributed by atoms with van der Waals surface area (Å²) in [5.41, 5.74) is 3.95. The number of anilines is 2. The van der Waals surface area contributed by atoms with Crippen molar-refractivity contribution in [2.24, 2.45) is 0 Å². The quantitative estimate of drug-likeness (QED) is 0.125. The lowest BCUT2D eigenvalue weighted by Gasteiger charge is -2.46. The molecule has 0 aliphatic carbocycles. The van der Waals surface area contributed by atoms with Gasteiger partial charge in [0.05, 0.1) is 26.9 Å². The fraction of sp³-hybridized carbons (Fsp3) is 0.111. The van der Waals surface area contributed by atoms with Crippen LogP contribution in [0.5, 0.6) is 5.75 Å². The van der Waals surface area contributed by atoms with Crippen LogP contribution in [0.1, 0.15) is 33.2 Å². The van der Waals surface area contributed by atoms with E-state index in [0.29, 0.717) is 28.7 Å². The van der Waals surface area contributed by atoms with Crippen molar-refractivity contribution in [2.45, 2.75) is 19.3 Å². The Bertz CT molecular complexity index is 1870. The van der Waals surface area contributed by atoms with Crippen LogP contribution in [-0.4, -0.2) is 28.2 Å². The molecule has 2 amide bonds. The van der Waals surface area contributed by atoms with Gasteiger partial charge in [-0.2, -0.15) is 0 Å². The van der Waals surface area contributed by atoms with E-state index >= 15 is 0 Å². The monoisotopic (exact) mass is 632 g/mol. The number of nitrogens with zero attached hydrogens (tertiary/aromatic N) is 3. The van der Waals surface area contributed by atoms with E-state index in [1.165, 1.54) is 12.1 Å². The van der Waals surface area contributed by atoms with E-state index in [0.717, 1.165) is 16.7 Å². The average molecular weight is 633 g/mol. The molecule has 5 aromatic rings. The van der Waals surface area contributed by atoms with Crippen molar-refractivity contribution in [3.8, 4) is 5.75 Å². The number of rotatable bonds is 10. The molecule has 10 heteroatoms. The molecule has 1 aliphatic heterocycles. The summed E-state index contributed by atoms with van der Waals surface area (Å²) in [6.07, 6.45) is -0.556. The van der Waals surface area contributed by atoms with Gasteiger partial charge in [0.1, 0.15) is 11.9 Å². The number of halogens is 1. The molecule has 0 unspecified atom stereocenters. The molecule has 0 spiro atoms. The Morgan fingerprint density at radius 3 is 2.04 bits per heavy atom. The fourth-order valence-electron chi connectivity index (χ4n) is 5.51. The van der Waals surface area contributed by atoms with Crippen LogP contribution >= 0.6 is 11.6 Å². The summed E-state index contributed by atoms with van der Waals surface area (Å²) in [5.74, 6) is -0.197. The van der Waals surface area contributed by atoms with Crippen molar-refractivity contribution >= 4 is 40.5 Å². The molecule has 0 saturated heterocycles. The maximum absolute atomic E-state index is 14.2. The van der Waals surface area contributed by atoms with Gasteiger partial charge in [-0.25, -0.2) is 0 Å². The molecule has 46 heavy (non-hydrogen) atoms. The Balaban J connectivity index is 1.34. The zero-order valence-corrected chi connectivity index (χ0v) is 25.3. The van der Waals surface area contributed by atoms with Crippen LogP contribution in [0, 0.1) is 10.1 Å². The summed E-state index contributed by atoms with van der Waals surface area (Å²) in [6, 6.07) is 38.1. The first-order chi connectivity index (χ1) is 22.4. The maximum Gasteiger partial charge on any atom is 0.270 e. The van der Waals surface area contributed by atoms with Crippen LogP contribution in [0.4, 0.5) is 17.1 Å². The van der Waals surface area contributed by atoms with Crippen molar-refractivity contribution in [3.05, 3.63) is 165 Å². The molecule has 0 fully saturated rings. The van der Waals surface area contributed by atoms with E-state index in [1.54, 1.807) is 47.4 Å². The first-order valence-electron chi connectivity index (χ1n) is 14.6. The molecule has 1 atom stereocenters. The average Bonchev–Trinajstić information content (AvgIpc) is 3.08. The number of carbonyl (C=O) groups is 2. The van der Waals surface area contributed by atoms with Gasteiger partial charge in [0.2, 0.25) is 0 Å². The number of ether oxygens (including phenoxy) is 1. The number of benzene rings is 5. The summed E-state index contributed by atoms with van der Waals surface area (Å²) < 4.78 is 5.77. The smallest absolute Gasteiger partial charge is 0.270 e. The molecular formula is C36H29ClN4O5. The zero-order chi connectivity index (χ0) is 32.0. The highest BCUT2D eigenvalue weighted by Gasteiger charge is 2.39. The van der Waals surface area contributed by atoms with Gasteiger partial charge < -0.3 is 19.9 Å². The molecule has 0 radical (unpaired) electrons. The fourth-order valence-corrected chi connectivity index (χ4v) is 5.69. The molecule has 0 saturated carbocycles. The topological polar surface area (TPSA) is 105 Å². The first-order valence-corrected chi connectivity index (χ1v) is 15.0. The lowest BCUT2D eigenvalue weighted by Crippen LogP contribution is -2.48. The van der Waals surface area contributed by atoms with E-state index < -0.39 is 11.1 Å². The number of amides is 2. The minimum absolute atomic E-state index is 0.148. The van der Waals surface area contributed by atoms with Gasteiger partial charge in [-0.15, -0.1) is 0 Å². The van der Waals surface area contributed by atoms with Gasteiger partial charge in [0, 0.05) is 25.2 Å². The number of hydrogen-bond acceptors (Lipinski definition) is 6. The minimum Gasteiger partial charge on any atom is -0.484 e. The Kier molecular flexibility index (Phi) is 8.94. The minimum atomic E-state index is -0.556. The summed E-state index contributed by atoms with van der Waals surface area (Å²) in [4.78, 5) is 41.7. The molecule has 9 nitrogen and oxygen atoms in total. The molecule has 5 aromatic carbocycles. The first kappa shape index (κ1) is 30.4. The van der Waals surface area contributed by atoms with E-state index in [1.807, 2.05) is 72.8 Å². The lowest BCUT2D eigenvalue weighted by molar-refractivity contribution is -0.384. The number of hydrogen-bond donors (Lipinski definition) is 1. The third-order valence-corrected chi connectivity index (χ3v) is 8.00. The number of para-hydroxylation sites is 1. The maximum atomic E-state index is 14.2. The van der Waals surface area contributed by atoms with Gasteiger partial charge in [-0.3, -0.25) is 19.7 Å². The summed E-state index contributed by atoms with van der Waals surface area (Å²) in [6.45, 7) is 0.493. The van der Waals surface area contributed by atoms with Crippen molar-refractivity contribution in [1.29, 1.82) is 0 Å². The number of non-ortho nitro benzene ring substituents is 1. The van der Waals surface area contributed by atoms with Gasteiger partial charge >= 0.3 is 0 Å². The summed E-state index contributed by atoms with van der Waals surface area (Å²) in [7, 11) is 0. The van der Waals surface area contributed by atoms with Gasteiger partial charge in [0.25, 0.3) is 17.5 Å². The molecule has 230 valence electrons. The van der Waals surface area contributed by atoms with E-state index in [2.05, 4.69) is 10.2 Å². The summed E-state index contributed by atoms with van der Waals surface area (Å²) >= 11 is 6.15. The molecular weight excluding hydrogens is 604 g/mol. The Morgan fingerprint density at radius 2 is 1.41 bits per heavy atom. The third-order valence-electron chi connectivity index (χ3n) is 7.67. The second-order valence-electron chi connectivity index (χ2n) is 10.8. The van der Waals surface area contributed by atoms with E-state index in [4.69, 9.17) is 16.3 Å². The third kappa shape index (κ3) is 6.69. The molecule has 1 N–H and O–H groups in total. The van der Waals surface area contributed by atoms with Crippen molar-refractivity contribution in [1.82, 2.24) is 4.90 Å². The van der Waals surface area contributed by atoms with Crippen LogP contribution in [-0.2, 0) is 17.9 Å². The Morgan fingerprint density at radius 1 is 0.804 bits per heavy atom. The van der Waals surface area contributed by atoms with Crippen LogP contribution in [0.15, 0.2) is 127 Å². The van der Waals surface area contributed by atoms with Gasteiger partial charge in [-0.1, -0.05) is 96.5 Å². The number of nitro groups is 1. The van der Waals surface area contributed by atoms with Gasteiger partial charge in [-0.05, 0) is 47.0 Å². The van der Waals surface area contributed by atoms with Crippen LogP contribution in [0.2, 0.25) is 5.02 Å². The SMILES string of the molecule is O=C(COc1ccc([C@H]2N(Cc3ccccc3)C(=O)c3cc([N+](=O)[O-])ccc3N2Cc2ccccc2)cc1)Nc1ccccc1Cl. The highest BCUT2D eigenvalue weighted by Crippen LogP contribution is 2.42. The van der Waals surface area contributed by atoms with Crippen LogP contribution < -0.4 is 15.0 Å². The van der Waals surface area contributed by atoms with Gasteiger partial charge in [0.15, 0.2) is 6.61 Å². The number of fused-ring (bicyclic) bond motifs is 1. The van der Waals surface area contributed by atoms with E-state index in [-0.39, 0.29) is 36.2 Å². The zero-order valence-electron chi connectivity index (χ0n) is 24.6. The predicted octanol–water partition coefficient (Wildman–Crippen LogP) is 7.63. The molecule has 6 rings (SSSR count). The van der Waals surface area contributed by atoms with Crippen LogP contribution in [0.3, 0.4) is 0 Å². The standard InChI is InChI=1S/C36H29ClN4O5/c37-31-13-7-8-14-32(31)38-34(42)24-46-29-18-15-27(16-19-29)35-39(22-25-9-3-1-4-10-25)33-20-17-28(41(44)45)21-30(33)36(43)40(35)23-26-11-5-2-6-12-26/h1-21,35H,22-24H2,(H,38,42)/t35-/m1/s1. The highest BCUT2D eigenvalue weighted by atomic mass is 35.5. The van der Waals surface area contributed by atoms with E-state index in [9.17, 15) is 19.7 Å². The second kappa shape index (κ2) is 13.5. The highest BCUT2D eigenvalue weighted by molar-refractivity contribution is 6.33. The molecule has 0 bridgehead atoms. The summed E-state index contributed by atoms with van der Waals surface area (Å²) in [5, 5.41) is 14.8. The second-order valence-corrected chi connectivity index (χ2v) is 11.2. The molecule has 1 aliphatic rings. The number of nitro benzene ring substituents is 1. The number of nitrogens with one attached hydrogen (secondary N) is 1. The number of carbonyl (C=O) groups excluding carboxylic acids is 2. The lowest BCUT2D eigenvalue weighted by atomic mass is 9.98. The predicted molar refractivity (Wildman–Crippen MR) is 177 cm³/mol.